The van der Waals surface area contributed by atoms with Gasteiger partial charge in [0.15, 0.2) is 5.58 Å². The van der Waals surface area contributed by atoms with Crippen molar-refractivity contribution in [2.75, 3.05) is 11.9 Å². The van der Waals surface area contributed by atoms with Gasteiger partial charge < -0.3 is 14.4 Å². The summed E-state index contributed by atoms with van der Waals surface area (Å²) in [5.74, 6) is -2.20. The predicted molar refractivity (Wildman–Crippen MR) is 86.5 cm³/mol. The highest BCUT2D eigenvalue weighted by Crippen LogP contribution is 2.32. The van der Waals surface area contributed by atoms with Crippen molar-refractivity contribution in [2.45, 2.75) is 0 Å². The van der Waals surface area contributed by atoms with Crippen molar-refractivity contribution < 1.29 is 23.5 Å². The van der Waals surface area contributed by atoms with Gasteiger partial charge in [-0.1, -0.05) is 0 Å². The summed E-state index contributed by atoms with van der Waals surface area (Å²) in [6.45, 7) is 0. The third-order valence-corrected chi connectivity index (χ3v) is 4.51. The summed E-state index contributed by atoms with van der Waals surface area (Å²) < 4.78 is 18.3. The van der Waals surface area contributed by atoms with Gasteiger partial charge in [0.25, 0.3) is 5.91 Å². The molecule has 1 aromatic carbocycles. The number of anilines is 1. The molecule has 3 aromatic rings. The number of aromatic carboxylic acids is 1. The molecule has 0 aliphatic heterocycles. The Labute approximate surface area is 138 Å². The van der Waals surface area contributed by atoms with Gasteiger partial charge in [-0.25, -0.2) is 14.0 Å². The minimum absolute atomic E-state index is 0.198. The molecule has 6 nitrogen and oxygen atoms in total. The Hall–Kier alpha value is -3.00. The molecular formula is C16H10FNO5S. The number of fused-ring (bicyclic) bond motifs is 1. The number of hydrogen-bond acceptors (Lipinski definition) is 5. The first-order valence-corrected chi connectivity index (χ1v) is 7.53. The third-order valence-electron chi connectivity index (χ3n) is 3.37. The van der Waals surface area contributed by atoms with Crippen LogP contribution in [0.15, 0.2) is 45.6 Å². The van der Waals surface area contributed by atoms with E-state index in [4.69, 9.17) is 9.52 Å². The molecule has 24 heavy (non-hydrogen) atoms. The quantitative estimate of drug-likeness (QED) is 0.787. The van der Waals surface area contributed by atoms with Crippen LogP contribution in [-0.4, -0.2) is 24.0 Å². The minimum Gasteiger partial charge on any atom is -0.477 e. The Bertz CT molecular complexity index is 1010. The number of carboxylic acids is 1. The van der Waals surface area contributed by atoms with Gasteiger partial charge in [-0.3, -0.25) is 4.79 Å². The van der Waals surface area contributed by atoms with Gasteiger partial charge in [-0.2, -0.15) is 0 Å². The van der Waals surface area contributed by atoms with Crippen molar-refractivity contribution >= 4 is 38.5 Å². The number of amides is 1. The maximum atomic E-state index is 12.9. The summed E-state index contributed by atoms with van der Waals surface area (Å²) in [5.41, 5.74) is -0.928. The smallest absolute Gasteiger partial charge is 0.351 e. The number of carbonyl (C=O) groups is 2. The molecule has 0 radical (unpaired) electrons. The van der Waals surface area contributed by atoms with Crippen LogP contribution in [0, 0.1) is 5.82 Å². The topological polar surface area (TPSA) is 87.8 Å². The van der Waals surface area contributed by atoms with Crippen LogP contribution in [0.1, 0.15) is 20.7 Å². The zero-order valence-corrected chi connectivity index (χ0v) is 13.1. The maximum absolute atomic E-state index is 12.9. The number of thiophene rings is 1. The highest BCUT2D eigenvalue weighted by Gasteiger charge is 2.19. The molecule has 0 aliphatic rings. The zero-order valence-electron chi connectivity index (χ0n) is 12.3. The third kappa shape index (κ3) is 2.79. The van der Waals surface area contributed by atoms with E-state index in [-0.39, 0.29) is 11.5 Å². The van der Waals surface area contributed by atoms with Crippen LogP contribution < -0.4 is 10.5 Å². The lowest BCUT2D eigenvalue weighted by molar-refractivity contribution is 0.0692. The summed E-state index contributed by atoms with van der Waals surface area (Å²) in [5, 5.41) is 9.41. The molecule has 0 fully saturated rings. The second-order valence-electron chi connectivity index (χ2n) is 4.94. The van der Waals surface area contributed by atoms with Crippen LogP contribution in [0.3, 0.4) is 0 Å². The van der Waals surface area contributed by atoms with E-state index in [0.29, 0.717) is 15.3 Å². The van der Waals surface area contributed by atoms with E-state index >= 15 is 0 Å². The monoisotopic (exact) mass is 347 g/mol. The van der Waals surface area contributed by atoms with E-state index in [9.17, 15) is 18.8 Å². The average Bonchev–Trinajstić information content (AvgIpc) is 2.96. The van der Waals surface area contributed by atoms with Crippen molar-refractivity contribution in [1.29, 1.82) is 0 Å². The van der Waals surface area contributed by atoms with Crippen molar-refractivity contribution in [3.05, 3.63) is 63.8 Å². The maximum Gasteiger partial charge on any atom is 0.351 e. The molecule has 0 aliphatic carbocycles. The van der Waals surface area contributed by atoms with Crippen LogP contribution in [-0.2, 0) is 0 Å². The molecular weight excluding hydrogens is 337 g/mol. The predicted octanol–water partition coefficient (Wildman–Crippen LogP) is 2.97. The normalized spacial score (nSPS) is 10.8. The standard InChI is InChI=1S/C16H10FNO5S/c1-18(14(19)8-2-4-9(17)5-3-8)13-7-11-12(24-13)6-10(15(20)21)16(22)23-11/h2-7H,1H3,(H,20,21). The molecule has 0 saturated carbocycles. The van der Waals surface area contributed by atoms with Gasteiger partial charge >= 0.3 is 11.6 Å². The van der Waals surface area contributed by atoms with Crippen LogP contribution in [0.4, 0.5) is 9.39 Å². The first-order valence-electron chi connectivity index (χ1n) is 6.71. The molecule has 0 bridgehead atoms. The van der Waals surface area contributed by atoms with Gasteiger partial charge in [-0.15, -0.1) is 11.3 Å². The second-order valence-corrected chi connectivity index (χ2v) is 6.00. The molecule has 0 spiro atoms. The van der Waals surface area contributed by atoms with Crippen LogP contribution in [0.25, 0.3) is 10.3 Å². The summed E-state index contributed by atoms with van der Waals surface area (Å²) >= 11 is 1.11. The molecule has 3 rings (SSSR count). The fourth-order valence-corrected chi connectivity index (χ4v) is 3.09. The molecule has 8 heteroatoms. The van der Waals surface area contributed by atoms with Crippen molar-refractivity contribution in [2.24, 2.45) is 0 Å². The second kappa shape index (κ2) is 5.89. The largest absolute Gasteiger partial charge is 0.477 e. The number of nitrogens with zero attached hydrogens (tertiary/aromatic N) is 1. The van der Waals surface area contributed by atoms with E-state index in [1.165, 1.54) is 48.3 Å². The van der Waals surface area contributed by atoms with Crippen LogP contribution in [0.2, 0.25) is 0 Å². The number of benzene rings is 1. The lowest BCUT2D eigenvalue weighted by atomic mass is 10.2. The van der Waals surface area contributed by atoms with E-state index in [1.54, 1.807) is 0 Å². The Morgan fingerprint density at radius 1 is 1.21 bits per heavy atom. The van der Waals surface area contributed by atoms with Crippen molar-refractivity contribution in [3.63, 3.8) is 0 Å². The minimum atomic E-state index is -1.38. The van der Waals surface area contributed by atoms with Crippen molar-refractivity contribution in [1.82, 2.24) is 0 Å². The Morgan fingerprint density at radius 2 is 1.88 bits per heavy atom. The Balaban J connectivity index is 1.99. The van der Waals surface area contributed by atoms with Gasteiger partial charge in [0.1, 0.15) is 16.4 Å². The molecule has 2 aromatic heterocycles. The molecule has 1 amide bonds. The van der Waals surface area contributed by atoms with E-state index in [0.717, 1.165) is 11.3 Å². The highest BCUT2D eigenvalue weighted by atomic mass is 32.1. The van der Waals surface area contributed by atoms with Crippen molar-refractivity contribution in [3.8, 4) is 0 Å². The average molecular weight is 347 g/mol. The Kier molecular flexibility index (Phi) is 3.90. The number of carboxylic acid groups (broad SMARTS) is 1. The number of halogens is 1. The summed E-state index contributed by atoms with van der Waals surface area (Å²) in [7, 11) is 1.52. The molecule has 1 N–H and O–H groups in total. The highest BCUT2D eigenvalue weighted by molar-refractivity contribution is 7.22. The first kappa shape index (κ1) is 15.9. The van der Waals surface area contributed by atoms with Gasteiger partial charge in [-0.05, 0) is 30.3 Å². The van der Waals surface area contributed by atoms with Gasteiger partial charge in [0.05, 0.1) is 4.70 Å². The summed E-state index contributed by atoms with van der Waals surface area (Å²) in [4.78, 5) is 36.3. The lowest BCUT2D eigenvalue weighted by Gasteiger charge is -2.14. The summed E-state index contributed by atoms with van der Waals surface area (Å²) in [6, 6.07) is 7.80. The fraction of sp³-hybridized carbons (Fsp3) is 0.0625. The van der Waals surface area contributed by atoms with Crippen LogP contribution in [0.5, 0.6) is 0 Å². The van der Waals surface area contributed by atoms with Gasteiger partial charge in [0.2, 0.25) is 0 Å². The van der Waals surface area contributed by atoms with E-state index in [1.807, 2.05) is 0 Å². The van der Waals surface area contributed by atoms with E-state index in [2.05, 4.69) is 0 Å². The first-order chi connectivity index (χ1) is 11.4. The van der Waals surface area contributed by atoms with E-state index < -0.39 is 23.0 Å². The molecule has 0 atom stereocenters. The van der Waals surface area contributed by atoms with Gasteiger partial charge in [0, 0.05) is 18.7 Å². The zero-order chi connectivity index (χ0) is 17.4. The molecule has 0 unspecified atom stereocenters. The fourth-order valence-electron chi connectivity index (χ4n) is 2.10. The number of rotatable bonds is 3. The number of carbonyl (C=O) groups excluding carboxylic acids is 1. The Morgan fingerprint density at radius 3 is 2.50 bits per heavy atom. The number of hydrogen-bond donors (Lipinski definition) is 1. The lowest BCUT2D eigenvalue weighted by Crippen LogP contribution is -2.25. The molecule has 0 saturated heterocycles. The molecule has 122 valence electrons. The SMILES string of the molecule is CN(C(=O)c1ccc(F)cc1)c1cc2oc(=O)c(C(=O)O)cc2s1. The molecule has 2 heterocycles. The summed E-state index contributed by atoms with van der Waals surface area (Å²) in [6.07, 6.45) is 0. The van der Waals surface area contributed by atoms with Crippen LogP contribution >= 0.6 is 11.3 Å².